The molecular formula is C13H29AlO2. The van der Waals surface area contributed by atoms with Crippen molar-refractivity contribution in [1.82, 2.24) is 0 Å². The molecule has 16 heavy (non-hydrogen) atoms. The fourth-order valence-corrected chi connectivity index (χ4v) is 1.48. The molecule has 2 nitrogen and oxygen atoms in total. The van der Waals surface area contributed by atoms with Crippen molar-refractivity contribution in [2.24, 2.45) is 0 Å². The number of hydrogen-bond acceptors (Lipinski definition) is 2. The van der Waals surface area contributed by atoms with E-state index in [4.69, 9.17) is 4.74 Å². The highest BCUT2D eigenvalue weighted by Crippen LogP contribution is 2.04. The second-order valence-corrected chi connectivity index (χ2v) is 4.09. The second-order valence-electron chi connectivity index (χ2n) is 4.09. The zero-order valence-corrected chi connectivity index (χ0v) is 10.4. The van der Waals surface area contributed by atoms with Gasteiger partial charge in [-0.1, -0.05) is 52.4 Å². The van der Waals surface area contributed by atoms with Crippen LogP contribution in [0.5, 0.6) is 0 Å². The molecule has 0 radical (unpaired) electrons. The Morgan fingerprint density at radius 2 is 1.44 bits per heavy atom. The Morgan fingerprint density at radius 1 is 0.875 bits per heavy atom. The quantitative estimate of drug-likeness (QED) is 0.335. The third-order valence-corrected chi connectivity index (χ3v) is 2.50. The highest BCUT2D eigenvalue weighted by Gasteiger charge is 2.01. The number of rotatable bonds is 10. The summed E-state index contributed by atoms with van der Waals surface area (Å²) >= 11 is 0. The maximum Gasteiger partial charge on any atom is 0.305 e. The lowest BCUT2D eigenvalue weighted by molar-refractivity contribution is -0.143. The maximum absolute atomic E-state index is 11.2. The second kappa shape index (κ2) is 15.0. The minimum absolute atomic E-state index is 0. The number of carbonyl (C=O) groups excluding carboxylic acids is 1. The van der Waals surface area contributed by atoms with E-state index in [2.05, 4.69) is 13.8 Å². The van der Waals surface area contributed by atoms with Gasteiger partial charge in [0.1, 0.15) is 0 Å². The Morgan fingerprint density at radius 3 is 2.00 bits per heavy atom. The lowest BCUT2D eigenvalue weighted by atomic mass is 10.1. The molecule has 0 aliphatic carbocycles. The molecule has 0 heterocycles. The van der Waals surface area contributed by atoms with E-state index in [0.717, 1.165) is 19.3 Å². The van der Waals surface area contributed by atoms with E-state index in [9.17, 15) is 4.79 Å². The standard InChI is InChI=1S/C13H26O2.Al.3H/c1-3-5-7-9-11-13(14)15-12-10-8-6-4-2;;;;/h3-12H2,1-2H3;;;;. The normalized spacial score (nSPS) is 9.62. The number of carbonyl (C=O) groups is 1. The molecule has 0 rings (SSSR count). The van der Waals surface area contributed by atoms with Gasteiger partial charge in [-0.3, -0.25) is 4.79 Å². The van der Waals surface area contributed by atoms with Crippen molar-refractivity contribution < 1.29 is 9.53 Å². The fraction of sp³-hybridized carbons (Fsp3) is 0.923. The van der Waals surface area contributed by atoms with Gasteiger partial charge >= 0.3 is 5.97 Å². The highest BCUT2D eigenvalue weighted by atomic mass is 27.0. The van der Waals surface area contributed by atoms with Crippen molar-refractivity contribution in [3.63, 3.8) is 0 Å². The van der Waals surface area contributed by atoms with Gasteiger partial charge in [0.25, 0.3) is 0 Å². The van der Waals surface area contributed by atoms with Crippen LogP contribution in [0.4, 0.5) is 0 Å². The molecule has 0 aromatic rings. The van der Waals surface area contributed by atoms with Crippen LogP contribution >= 0.6 is 0 Å². The zero-order valence-electron chi connectivity index (χ0n) is 10.4. The largest absolute Gasteiger partial charge is 0.466 e. The minimum atomic E-state index is -0.0115. The summed E-state index contributed by atoms with van der Waals surface area (Å²) in [6.45, 7) is 4.97. The molecule has 0 spiro atoms. The van der Waals surface area contributed by atoms with E-state index in [1.165, 1.54) is 32.1 Å². The van der Waals surface area contributed by atoms with Crippen molar-refractivity contribution in [3.8, 4) is 0 Å². The van der Waals surface area contributed by atoms with E-state index >= 15 is 0 Å². The first-order valence-electron chi connectivity index (χ1n) is 6.46. The SMILES string of the molecule is CCCCCCOC(=O)CCCCCC.[AlH3]. The molecule has 0 atom stereocenters. The van der Waals surface area contributed by atoms with Gasteiger partial charge in [-0.25, -0.2) is 0 Å². The van der Waals surface area contributed by atoms with Crippen LogP contribution in [0.2, 0.25) is 0 Å². The molecule has 0 unspecified atom stereocenters. The van der Waals surface area contributed by atoms with Crippen LogP contribution in [-0.4, -0.2) is 29.9 Å². The lowest BCUT2D eigenvalue weighted by Gasteiger charge is -2.04. The van der Waals surface area contributed by atoms with Crippen molar-refractivity contribution in [3.05, 3.63) is 0 Å². The Hall–Kier alpha value is 0.00247. The van der Waals surface area contributed by atoms with Crippen molar-refractivity contribution in [1.29, 1.82) is 0 Å². The van der Waals surface area contributed by atoms with Gasteiger partial charge in [0.05, 0.1) is 6.61 Å². The van der Waals surface area contributed by atoms with E-state index in [1.807, 2.05) is 0 Å². The van der Waals surface area contributed by atoms with Crippen LogP contribution in [0, 0.1) is 0 Å². The average Bonchev–Trinajstić information content (AvgIpc) is 2.24. The zero-order chi connectivity index (χ0) is 11.4. The van der Waals surface area contributed by atoms with Gasteiger partial charge in [0, 0.05) is 6.42 Å². The average molecular weight is 244 g/mol. The molecule has 0 aliphatic rings. The molecule has 0 fully saturated rings. The fourth-order valence-electron chi connectivity index (χ4n) is 1.48. The van der Waals surface area contributed by atoms with Crippen LogP contribution in [-0.2, 0) is 9.53 Å². The Labute approximate surface area is 111 Å². The van der Waals surface area contributed by atoms with E-state index < -0.39 is 0 Å². The number of unbranched alkanes of at least 4 members (excludes halogenated alkanes) is 6. The molecule has 0 amide bonds. The predicted octanol–water partition coefficient (Wildman–Crippen LogP) is 2.90. The van der Waals surface area contributed by atoms with Gasteiger partial charge in [0.15, 0.2) is 17.4 Å². The topological polar surface area (TPSA) is 26.3 Å². The third-order valence-electron chi connectivity index (χ3n) is 2.50. The molecule has 0 aromatic heterocycles. The van der Waals surface area contributed by atoms with Crippen molar-refractivity contribution >= 4 is 23.3 Å². The predicted molar refractivity (Wildman–Crippen MR) is 73.8 cm³/mol. The first kappa shape index (κ1) is 18.4. The van der Waals surface area contributed by atoms with E-state index in [0.29, 0.717) is 13.0 Å². The highest BCUT2D eigenvalue weighted by molar-refractivity contribution is 5.75. The first-order chi connectivity index (χ1) is 7.31. The van der Waals surface area contributed by atoms with Crippen LogP contribution in [0.15, 0.2) is 0 Å². The summed E-state index contributed by atoms with van der Waals surface area (Å²) in [5, 5.41) is 0. The monoisotopic (exact) mass is 244 g/mol. The van der Waals surface area contributed by atoms with Gasteiger partial charge in [-0.2, -0.15) is 0 Å². The molecule has 96 valence electrons. The Kier molecular flexibility index (Phi) is 17.2. The maximum atomic E-state index is 11.2. The summed E-state index contributed by atoms with van der Waals surface area (Å²) in [7, 11) is 0. The molecule has 0 N–H and O–H groups in total. The van der Waals surface area contributed by atoms with Crippen LogP contribution in [0.3, 0.4) is 0 Å². The summed E-state index contributed by atoms with van der Waals surface area (Å²) in [4.78, 5) is 11.2. The van der Waals surface area contributed by atoms with Gasteiger partial charge in [-0.05, 0) is 12.8 Å². The molecule has 0 aliphatic heterocycles. The Bertz CT molecular complexity index is 149. The molecule has 0 saturated carbocycles. The Balaban J connectivity index is 0. The smallest absolute Gasteiger partial charge is 0.305 e. The molecular weight excluding hydrogens is 215 g/mol. The van der Waals surface area contributed by atoms with Crippen molar-refractivity contribution in [2.75, 3.05) is 6.61 Å². The summed E-state index contributed by atoms with van der Waals surface area (Å²) in [5.74, 6) is -0.0115. The van der Waals surface area contributed by atoms with E-state index in [1.54, 1.807) is 0 Å². The van der Waals surface area contributed by atoms with Gasteiger partial charge in [0.2, 0.25) is 0 Å². The van der Waals surface area contributed by atoms with Gasteiger partial charge in [-0.15, -0.1) is 0 Å². The first-order valence-corrected chi connectivity index (χ1v) is 6.46. The molecule has 3 heteroatoms. The summed E-state index contributed by atoms with van der Waals surface area (Å²) in [5.41, 5.74) is 0. The number of hydrogen-bond donors (Lipinski definition) is 0. The summed E-state index contributed by atoms with van der Waals surface area (Å²) in [6.07, 6.45) is 9.86. The molecule has 0 aromatic carbocycles. The minimum Gasteiger partial charge on any atom is -0.466 e. The number of esters is 1. The molecule has 0 bridgehead atoms. The number of ether oxygens (including phenoxy) is 1. The van der Waals surface area contributed by atoms with Crippen molar-refractivity contribution in [2.45, 2.75) is 71.6 Å². The lowest BCUT2D eigenvalue weighted by Crippen LogP contribution is -2.05. The third kappa shape index (κ3) is 14.0. The molecule has 0 saturated heterocycles. The summed E-state index contributed by atoms with van der Waals surface area (Å²) < 4.78 is 5.13. The van der Waals surface area contributed by atoms with Crippen LogP contribution < -0.4 is 0 Å². The summed E-state index contributed by atoms with van der Waals surface area (Å²) in [6, 6.07) is 0. The van der Waals surface area contributed by atoms with E-state index in [-0.39, 0.29) is 23.3 Å². The van der Waals surface area contributed by atoms with Gasteiger partial charge < -0.3 is 4.74 Å². The van der Waals surface area contributed by atoms with Crippen LogP contribution in [0.25, 0.3) is 0 Å². The van der Waals surface area contributed by atoms with Crippen LogP contribution in [0.1, 0.15) is 71.6 Å².